The van der Waals surface area contributed by atoms with E-state index in [1.54, 1.807) is 0 Å². The Balaban J connectivity index is 1.84. The minimum Gasteiger partial charge on any atom is -0.372 e. The molecule has 2 rings (SSSR count). The van der Waals surface area contributed by atoms with Crippen LogP contribution in [0.4, 0.5) is 0 Å². The van der Waals surface area contributed by atoms with Gasteiger partial charge in [-0.25, -0.2) is 0 Å². The van der Waals surface area contributed by atoms with Crippen molar-refractivity contribution in [3.05, 3.63) is 35.9 Å². The van der Waals surface area contributed by atoms with Crippen LogP contribution in [0, 0.1) is 0 Å². The van der Waals surface area contributed by atoms with Crippen molar-refractivity contribution >= 4 is 0 Å². The molecule has 3 nitrogen and oxygen atoms in total. The molecule has 1 aliphatic carbocycles. The maximum absolute atomic E-state index is 5.93. The highest BCUT2D eigenvalue weighted by Gasteiger charge is 2.24. The molecule has 0 aromatic heterocycles. The summed E-state index contributed by atoms with van der Waals surface area (Å²) in [4.78, 5) is 0. The van der Waals surface area contributed by atoms with Crippen LogP contribution in [0.3, 0.4) is 0 Å². The van der Waals surface area contributed by atoms with Crippen LogP contribution in [-0.2, 0) is 11.3 Å². The highest BCUT2D eigenvalue weighted by molar-refractivity contribution is 5.13. The Morgan fingerprint density at radius 3 is 2.69 bits per heavy atom. The molecule has 1 saturated carbocycles. The van der Waals surface area contributed by atoms with E-state index in [9.17, 15) is 0 Å². The van der Waals surface area contributed by atoms with Gasteiger partial charge in [-0.2, -0.15) is 0 Å². The molecule has 1 aromatic rings. The molecule has 0 heterocycles. The number of hydrogen-bond donors (Lipinski definition) is 2. The van der Waals surface area contributed by atoms with Gasteiger partial charge in [-0.3, -0.25) is 11.3 Å². The van der Waals surface area contributed by atoms with Crippen molar-refractivity contribution in [1.29, 1.82) is 0 Å². The molecule has 3 heteroatoms. The molecule has 1 aliphatic rings. The summed E-state index contributed by atoms with van der Waals surface area (Å²) in [6.45, 7) is 0.684. The maximum atomic E-state index is 5.93. The van der Waals surface area contributed by atoms with E-state index in [1.165, 1.54) is 18.4 Å². The third kappa shape index (κ3) is 3.04. The molecule has 0 saturated heterocycles. The first kappa shape index (κ1) is 11.6. The predicted octanol–water partition coefficient (Wildman–Crippen LogP) is 1.98. The standard InChI is InChI=1S/C13H20N2O/c14-15-12-8-4-5-9-13(12)16-10-11-6-2-1-3-7-11/h1-3,6-7,12-13,15H,4-5,8-10,14H2. The molecule has 1 fully saturated rings. The fourth-order valence-electron chi connectivity index (χ4n) is 2.26. The minimum absolute atomic E-state index is 0.263. The van der Waals surface area contributed by atoms with Crippen molar-refractivity contribution in [1.82, 2.24) is 5.43 Å². The van der Waals surface area contributed by atoms with Gasteiger partial charge in [-0.1, -0.05) is 43.2 Å². The summed E-state index contributed by atoms with van der Waals surface area (Å²) in [6, 6.07) is 10.6. The summed E-state index contributed by atoms with van der Waals surface area (Å²) in [5.74, 6) is 5.53. The molecule has 88 valence electrons. The SMILES string of the molecule is NNC1CCCCC1OCc1ccccc1. The van der Waals surface area contributed by atoms with Crippen LogP contribution < -0.4 is 11.3 Å². The smallest absolute Gasteiger partial charge is 0.0746 e. The van der Waals surface area contributed by atoms with Crippen LogP contribution in [0.2, 0.25) is 0 Å². The molecular formula is C13H20N2O. The molecule has 1 aromatic carbocycles. The van der Waals surface area contributed by atoms with Crippen LogP contribution in [0.1, 0.15) is 31.2 Å². The van der Waals surface area contributed by atoms with Crippen molar-refractivity contribution in [3.63, 3.8) is 0 Å². The molecule has 0 radical (unpaired) electrons. The largest absolute Gasteiger partial charge is 0.372 e. The van der Waals surface area contributed by atoms with E-state index < -0.39 is 0 Å². The zero-order chi connectivity index (χ0) is 11.2. The zero-order valence-electron chi connectivity index (χ0n) is 9.56. The van der Waals surface area contributed by atoms with Gasteiger partial charge in [-0.05, 0) is 18.4 Å². The Labute approximate surface area is 97.0 Å². The highest BCUT2D eigenvalue weighted by Crippen LogP contribution is 2.21. The number of nitrogens with two attached hydrogens (primary N) is 1. The molecular weight excluding hydrogens is 200 g/mol. The first-order valence-electron chi connectivity index (χ1n) is 6.02. The number of benzene rings is 1. The molecule has 0 bridgehead atoms. The average Bonchev–Trinajstić information content (AvgIpc) is 2.38. The van der Waals surface area contributed by atoms with E-state index in [1.807, 2.05) is 18.2 Å². The molecule has 0 aliphatic heterocycles. The monoisotopic (exact) mass is 220 g/mol. The lowest BCUT2D eigenvalue weighted by Gasteiger charge is -2.30. The summed E-state index contributed by atoms with van der Waals surface area (Å²) < 4.78 is 5.93. The van der Waals surface area contributed by atoms with E-state index in [-0.39, 0.29) is 6.10 Å². The quantitative estimate of drug-likeness (QED) is 0.602. The number of ether oxygens (including phenoxy) is 1. The number of rotatable bonds is 4. The third-order valence-corrected chi connectivity index (χ3v) is 3.22. The van der Waals surface area contributed by atoms with Crippen LogP contribution in [0.15, 0.2) is 30.3 Å². The molecule has 0 amide bonds. The number of hydrogen-bond acceptors (Lipinski definition) is 3. The van der Waals surface area contributed by atoms with Gasteiger partial charge in [0.1, 0.15) is 0 Å². The van der Waals surface area contributed by atoms with E-state index in [0.29, 0.717) is 12.6 Å². The van der Waals surface area contributed by atoms with E-state index in [0.717, 1.165) is 12.8 Å². The number of hydrazine groups is 1. The zero-order valence-corrected chi connectivity index (χ0v) is 9.56. The molecule has 2 unspecified atom stereocenters. The van der Waals surface area contributed by atoms with Crippen molar-refractivity contribution < 1.29 is 4.74 Å². The summed E-state index contributed by atoms with van der Waals surface area (Å²) in [5, 5.41) is 0. The van der Waals surface area contributed by atoms with Gasteiger partial charge in [0.05, 0.1) is 12.7 Å². The second-order valence-corrected chi connectivity index (χ2v) is 4.39. The normalized spacial score (nSPS) is 25.6. The van der Waals surface area contributed by atoms with E-state index in [4.69, 9.17) is 10.6 Å². The fourth-order valence-corrected chi connectivity index (χ4v) is 2.26. The van der Waals surface area contributed by atoms with Crippen molar-refractivity contribution in [2.24, 2.45) is 5.84 Å². The predicted molar refractivity (Wildman–Crippen MR) is 64.6 cm³/mol. The molecule has 16 heavy (non-hydrogen) atoms. The molecule has 2 atom stereocenters. The van der Waals surface area contributed by atoms with Crippen molar-refractivity contribution in [3.8, 4) is 0 Å². The van der Waals surface area contributed by atoms with E-state index in [2.05, 4.69) is 17.6 Å². The van der Waals surface area contributed by atoms with Crippen LogP contribution in [0.5, 0.6) is 0 Å². The van der Waals surface area contributed by atoms with Gasteiger partial charge in [-0.15, -0.1) is 0 Å². The van der Waals surface area contributed by atoms with Crippen LogP contribution >= 0.6 is 0 Å². The summed E-state index contributed by atoms with van der Waals surface area (Å²) in [5.41, 5.74) is 4.09. The number of nitrogens with one attached hydrogen (secondary N) is 1. The Bertz CT molecular complexity index is 302. The summed E-state index contributed by atoms with van der Waals surface area (Å²) in [6.07, 6.45) is 4.99. The highest BCUT2D eigenvalue weighted by atomic mass is 16.5. The Morgan fingerprint density at radius 2 is 1.94 bits per heavy atom. The average molecular weight is 220 g/mol. The maximum Gasteiger partial charge on any atom is 0.0746 e. The van der Waals surface area contributed by atoms with Crippen molar-refractivity contribution in [2.45, 2.75) is 44.4 Å². The van der Waals surface area contributed by atoms with Crippen LogP contribution in [0.25, 0.3) is 0 Å². The minimum atomic E-state index is 0.263. The van der Waals surface area contributed by atoms with Gasteiger partial charge < -0.3 is 4.74 Å². The summed E-state index contributed by atoms with van der Waals surface area (Å²) >= 11 is 0. The molecule has 0 spiro atoms. The Hall–Kier alpha value is -0.900. The lowest BCUT2D eigenvalue weighted by atomic mass is 9.93. The van der Waals surface area contributed by atoms with Gasteiger partial charge >= 0.3 is 0 Å². The van der Waals surface area contributed by atoms with Gasteiger partial charge in [0.15, 0.2) is 0 Å². The van der Waals surface area contributed by atoms with Crippen LogP contribution in [-0.4, -0.2) is 12.1 Å². The van der Waals surface area contributed by atoms with Crippen molar-refractivity contribution in [2.75, 3.05) is 0 Å². The fraction of sp³-hybridized carbons (Fsp3) is 0.538. The second-order valence-electron chi connectivity index (χ2n) is 4.39. The topological polar surface area (TPSA) is 47.3 Å². The van der Waals surface area contributed by atoms with Gasteiger partial charge in [0, 0.05) is 6.04 Å². The summed E-state index contributed by atoms with van der Waals surface area (Å²) in [7, 11) is 0. The Morgan fingerprint density at radius 1 is 1.19 bits per heavy atom. The lowest BCUT2D eigenvalue weighted by molar-refractivity contribution is -0.00545. The lowest BCUT2D eigenvalue weighted by Crippen LogP contribution is -2.46. The Kier molecular flexibility index (Phi) is 4.34. The second kappa shape index (κ2) is 5.99. The first-order valence-corrected chi connectivity index (χ1v) is 6.02. The van der Waals surface area contributed by atoms with E-state index >= 15 is 0 Å². The first-order chi connectivity index (χ1) is 7.90. The van der Waals surface area contributed by atoms with Gasteiger partial charge in [0.2, 0.25) is 0 Å². The van der Waals surface area contributed by atoms with Gasteiger partial charge in [0.25, 0.3) is 0 Å². The molecule has 3 N–H and O–H groups in total. The third-order valence-electron chi connectivity index (χ3n) is 3.22.